The molecule has 0 aromatic heterocycles. The summed E-state index contributed by atoms with van der Waals surface area (Å²) in [5.74, 6) is 1.63. The van der Waals surface area contributed by atoms with E-state index in [4.69, 9.17) is 14.2 Å². The molecule has 0 saturated carbocycles. The van der Waals surface area contributed by atoms with Gasteiger partial charge < -0.3 is 19.5 Å². The molecule has 3 rings (SSSR count). The maximum Gasteiger partial charge on any atom is 0.255 e. The van der Waals surface area contributed by atoms with Crippen LogP contribution in [0.4, 0.5) is 0 Å². The van der Waals surface area contributed by atoms with Crippen LogP contribution in [0.2, 0.25) is 0 Å². The van der Waals surface area contributed by atoms with E-state index >= 15 is 0 Å². The molecule has 0 spiro atoms. The first-order valence-corrected chi connectivity index (χ1v) is 9.55. The molecule has 1 N–H and O–H groups in total. The molecule has 1 fully saturated rings. The molecule has 6 nitrogen and oxygen atoms in total. The van der Waals surface area contributed by atoms with Gasteiger partial charge in [0.15, 0.2) is 11.5 Å². The van der Waals surface area contributed by atoms with Gasteiger partial charge in [0.1, 0.15) is 5.75 Å². The van der Waals surface area contributed by atoms with Crippen molar-refractivity contribution in [3.05, 3.63) is 53.6 Å². The average Bonchev–Trinajstić information content (AvgIpc) is 3.27. The van der Waals surface area contributed by atoms with E-state index in [0.717, 1.165) is 24.4 Å². The Morgan fingerprint density at radius 1 is 1.04 bits per heavy atom. The Bertz CT molecular complexity index is 803. The maximum absolute atomic E-state index is 12.9. The second-order valence-corrected chi connectivity index (χ2v) is 6.79. The first-order chi connectivity index (χ1) is 13.7. The minimum atomic E-state index is -0.178. The lowest BCUT2D eigenvalue weighted by Gasteiger charge is -2.28. The Hall–Kier alpha value is -2.73. The number of carbonyl (C=O) groups is 1. The lowest BCUT2D eigenvalue weighted by molar-refractivity contribution is 0.0934. The number of para-hydroxylation sites is 1. The fraction of sp³-hybridized carbons (Fsp3) is 0.409. The number of benzene rings is 2. The normalized spacial score (nSPS) is 15.1. The molecule has 1 aliphatic rings. The minimum Gasteiger partial charge on any atom is -0.497 e. The lowest BCUT2D eigenvalue weighted by atomic mass is 10.0. The lowest BCUT2D eigenvalue weighted by Crippen LogP contribution is -2.37. The predicted octanol–water partition coefficient (Wildman–Crippen LogP) is 3.28. The van der Waals surface area contributed by atoms with Crippen LogP contribution in [-0.2, 0) is 0 Å². The minimum absolute atomic E-state index is 0.0955. The molecule has 2 aromatic carbocycles. The molecule has 6 heteroatoms. The number of hydrogen-bond donors (Lipinski definition) is 1. The average molecular weight is 384 g/mol. The van der Waals surface area contributed by atoms with E-state index in [2.05, 4.69) is 16.3 Å². The van der Waals surface area contributed by atoms with Crippen molar-refractivity contribution in [2.45, 2.75) is 18.9 Å². The van der Waals surface area contributed by atoms with Crippen LogP contribution in [0.5, 0.6) is 17.2 Å². The van der Waals surface area contributed by atoms with Crippen LogP contribution < -0.4 is 19.5 Å². The van der Waals surface area contributed by atoms with E-state index in [1.54, 1.807) is 32.4 Å². The van der Waals surface area contributed by atoms with Crippen molar-refractivity contribution in [1.29, 1.82) is 0 Å². The van der Waals surface area contributed by atoms with Crippen molar-refractivity contribution in [1.82, 2.24) is 10.2 Å². The number of amides is 1. The molecule has 1 atom stereocenters. The van der Waals surface area contributed by atoms with Gasteiger partial charge in [-0.2, -0.15) is 0 Å². The van der Waals surface area contributed by atoms with Crippen LogP contribution in [0.3, 0.4) is 0 Å². The van der Waals surface area contributed by atoms with Gasteiger partial charge in [-0.3, -0.25) is 9.69 Å². The third-order valence-corrected chi connectivity index (χ3v) is 5.16. The van der Waals surface area contributed by atoms with Gasteiger partial charge in [0.25, 0.3) is 5.91 Å². The highest BCUT2D eigenvalue weighted by molar-refractivity contribution is 5.97. The Morgan fingerprint density at radius 3 is 2.46 bits per heavy atom. The molecular weight excluding hydrogens is 356 g/mol. The van der Waals surface area contributed by atoms with E-state index in [0.29, 0.717) is 23.6 Å². The topological polar surface area (TPSA) is 60.0 Å². The zero-order valence-corrected chi connectivity index (χ0v) is 16.7. The smallest absolute Gasteiger partial charge is 0.255 e. The summed E-state index contributed by atoms with van der Waals surface area (Å²) >= 11 is 0. The van der Waals surface area contributed by atoms with Gasteiger partial charge in [0, 0.05) is 6.54 Å². The van der Waals surface area contributed by atoms with Gasteiger partial charge >= 0.3 is 0 Å². The van der Waals surface area contributed by atoms with Crippen molar-refractivity contribution in [3.8, 4) is 17.2 Å². The number of nitrogens with zero attached hydrogens (tertiary/aromatic N) is 1. The highest BCUT2D eigenvalue weighted by atomic mass is 16.5. The van der Waals surface area contributed by atoms with Crippen LogP contribution in [0.25, 0.3) is 0 Å². The molecular formula is C22H28N2O4. The Morgan fingerprint density at radius 2 is 1.79 bits per heavy atom. The molecule has 0 radical (unpaired) electrons. The molecule has 0 bridgehead atoms. The van der Waals surface area contributed by atoms with E-state index < -0.39 is 0 Å². The van der Waals surface area contributed by atoms with E-state index in [-0.39, 0.29) is 11.9 Å². The second-order valence-electron chi connectivity index (χ2n) is 6.79. The molecule has 1 aliphatic heterocycles. The number of carbonyl (C=O) groups excluding carboxylic acids is 1. The molecule has 1 amide bonds. The molecule has 2 aromatic rings. The first kappa shape index (κ1) is 20.0. The van der Waals surface area contributed by atoms with Crippen molar-refractivity contribution in [2.75, 3.05) is 41.0 Å². The number of likely N-dealkylation sites (tertiary alicyclic amines) is 1. The van der Waals surface area contributed by atoms with Gasteiger partial charge in [-0.15, -0.1) is 0 Å². The fourth-order valence-corrected chi connectivity index (χ4v) is 3.71. The molecule has 150 valence electrons. The van der Waals surface area contributed by atoms with Crippen LogP contribution in [0.15, 0.2) is 42.5 Å². The molecule has 1 heterocycles. The summed E-state index contributed by atoms with van der Waals surface area (Å²) in [7, 11) is 4.77. The SMILES string of the molecule is COc1cccc(C(CNC(=O)c2cccc(OC)c2OC)N2CCCC2)c1. The third-order valence-electron chi connectivity index (χ3n) is 5.16. The monoisotopic (exact) mass is 384 g/mol. The molecule has 0 aliphatic carbocycles. The van der Waals surface area contributed by atoms with E-state index in [1.807, 2.05) is 18.2 Å². The van der Waals surface area contributed by atoms with Gasteiger partial charge in [-0.25, -0.2) is 0 Å². The number of hydrogen-bond acceptors (Lipinski definition) is 5. The Kier molecular flexibility index (Phi) is 6.76. The second kappa shape index (κ2) is 9.46. The largest absolute Gasteiger partial charge is 0.497 e. The van der Waals surface area contributed by atoms with Crippen LogP contribution in [0.1, 0.15) is 34.8 Å². The fourth-order valence-electron chi connectivity index (χ4n) is 3.71. The third kappa shape index (κ3) is 4.39. The standard InChI is InChI=1S/C22H28N2O4/c1-26-17-9-6-8-16(14-17)19(24-12-4-5-13-24)15-23-22(25)18-10-7-11-20(27-2)21(18)28-3/h6-11,14,19H,4-5,12-13,15H2,1-3H3,(H,23,25). The zero-order valence-electron chi connectivity index (χ0n) is 16.7. The van der Waals surface area contributed by atoms with Gasteiger partial charge in [-0.1, -0.05) is 18.2 Å². The zero-order chi connectivity index (χ0) is 19.9. The summed E-state index contributed by atoms with van der Waals surface area (Å²) in [5.41, 5.74) is 1.60. The summed E-state index contributed by atoms with van der Waals surface area (Å²) < 4.78 is 16.1. The summed E-state index contributed by atoms with van der Waals surface area (Å²) in [6, 6.07) is 13.5. The van der Waals surface area contributed by atoms with E-state index in [9.17, 15) is 4.79 Å². The summed E-state index contributed by atoms with van der Waals surface area (Å²) in [4.78, 5) is 15.3. The van der Waals surface area contributed by atoms with Crippen molar-refractivity contribution < 1.29 is 19.0 Å². The Labute approximate surface area is 166 Å². The van der Waals surface area contributed by atoms with Crippen LogP contribution in [-0.4, -0.2) is 51.8 Å². The summed E-state index contributed by atoms with van der Waals surface area (Å²) in [6.45, 7) is 2.56. The van der Waals surface area contributed by atoms with E-state index in [1.165, 1.54) is 20.0 Å². The highest BCUT2D eigenvalue weighted by Gasteiger charge is 2.25. The number of rotatable bonds is 8. The quantitative estimate of drug-likeness (QED) is 0.757. The molecule has 1 saturated heterocycles. The van der Waals surface area contributed by atoms with Crippen LogP contribution in [0, 0.1) is 0 Å². The number of methoxy groups -OCH3 is 3. The molecule has 28 heavy (non-hydrogen) atoms. The number of ether oxygens (including phenoxy) is 3. The van der Waals surface area contributed by atoms with Gasteiger partial charge in [0.2, 0.25) is 0 Å². The van der Waals surface area contributed by atoms with Crippen LogP contribution >= 0.6 is 0 Å². The summed E-state index contributed by atoms with van der Waals surface area (Å²) in [5, 5.41) is 3.08. The first-order valence-electron chi connectivity index (χ1n) is 9.55. The van der Waals surface area contributed by atoms with Crippen molar-refractivity contribution in [3.63, 3.8) is 0 Å². The van der Waals surface area contributed by atoms with Gasteiger partial charge in [-0.05, 0) is 55.8 Å². The highest BCUT2D eigenvalue weighted by Crippen LogP contribution is 2.31. The maximum atomic E-state index is 12.9. The molecule has 1 unspecified atom stereocenters. The van der Waals surface area contributed by atoms with Crippen molar-refractivity contribution in [2.24, 2.45) is 0 Å². The van der Waals surface area contributed by atoms with Crippen molar-refractivity contribution >= 4 is 5.91 Å². The predicted molar refractivity (Wildman–Crippen MR) is 108 cm³/mol. The Balaban J connectivity index is 1.79. The van der Waals surface area contributed by atoms with Gasteiger partial charge in [0.05, 0.1) is 32.9 Å². The summed E-state index contributed by atoms with van der Waals surface area (Å²) in [6.07, 6.45) is 2.36. The number of nitrogens with one attached hydrogen (secondary N) is 1.